The molecule has 1 N–H and O–H groups in total. The van der Waals surface area contributed by atoms with Crippen molar-refractivity contribution in [1.29, 1.82) is 0 Å². The summed E-state index contributed by atoms with van der Waals surface area (Å²) in [6, 6.07) is 24.1. The summed E-state index contributed by atoms with van der Waals surface area (Å²) in [5, 5.41) is 3.52. The quantitative estimate of drug-likeness (QED) is 0.282. The lowest BCUT2D eigenvalue weighted by molar-refractivity contribution is -0.140. The molecule has 8 nitrogen and oxygen atoms in total. The van der Waals surface area contributed by atoms with E-state index in [4.69, 9.17) is 11.6 Å². The van der Waals surface area contributed by atoms with Crippen LogP contribution in [0.15, 0.2) is 84.9 Å². The molecule has 3 aromatic rings. The fraction of sp³-hybridized carbons (Fsp3) is 0.333. The van der Waals surface area contributed by atoms with Gasteiger partial charge >= 0.3 is 10.2 Å². The monoisotopic (exact) mass is 584 g/mol. The van der Waals surface area contributed by atoms with Crippen molar-refractivity contribution >= 4 is 39.3 Å². The van der Waals surface area contributed by atoms with Crippen LogP contribution in [-0.2, 0) is 32.8 Å². The van der Waals surface area contributed by atoms with Crippen LogP contribution in [0.4, 0.5) is 5.69 Å². The molecule has 0 saturated heterocycles. The van der Waals surface area contributed by atoms with Gasteiger partial charge in [0.2, 0.25) is 11.8 Å². The van der Waals surface area contributed by atoms with Gasteiger partial charge in [-0.1, -0.05) is 85.6 Å². The molecule has 2 amide bonds. The zero-order valence-corrected chi connectivity index (χ0v) is 24.7. The normalized spacial score (nSPS) is 12.1. The van der Waals surface area contributed by atoms with Crippen LogP contribution >= 0.6 is 11.6 Å². The van der Waals surface area contributed by atoms with Gasteiger partial charge in [0.05, 0.1) is 5.69 Å². The fourth-order valence-electron chi connectivity index (χ4n) is 4.16. The summed E-state index contributed by atoms with van der Waals surface area (Å²) < 4.78 is 28.8. The Kier molecular flexibility index (Phi) is 11.5. The predicted octanol–water partition coefficient (Wildman–Crippen LogP) is 4.51. The van der Waals surface area contributed by atoms with Gasteiger partial charge in [-0.3, -0.25) is 9.59 Å². The first-order valence-corrected chi connectivity index (χ1v) is 15.0. The number of amides is 2. The minimum atomic E-state index is -4.02. The lowest BCUT2D eigenvalue weighted by Crippen LogP contribution is -2.54. The average molecular weight is 585 g/mol. The number of para-hydroxylation sites is 1. The summed E-state index contributed by atoms with van der Waals surface area (Å²) in [5.41, 5.74) is 2.00. The van der Waals surface area contributed by atoms with Crippen LogP contribution < -0.4 is 9.62 Å². The van der Waals surface area contributed by atoms with E-state index in [2.05, 4.69) is 5.32 Å². The number of unbranched alkanes of at least 4 members (excludes halogenated alkanes) is 1. The molecule has 0 heterocycles. The molecule has 0 spiro atoms. The minimum Gasteiger partial charge on any atom is -0.354 e. The number of carbonyl (C=O) groups is 2. The fourth-order valence-corrected chi connectivity index (χ4v) is 5.34. The first-order valence-electron chi connectivity index (χ1n) is 13.2. The highest BCUT2D eigenvalue weighted by molar-refractivity contribution is 7.90. The van der Waals surface area contributed by atoms with Crippen LogP contribution in [0, 0.1) is 0 Å². The van der Waals surface area contributed by atoms with Gasteiger partial charge in [-0.15, -0.1) is 0 Å². The molecule has 0 unspecified atom stereocenters. The van der Waals surface area contributed by atoms with Gasteiger partial charge in [-0.25, -0.2) is 4.31 Å². The molecule has 40 heavy (non-hydrogen) atoms. The van der Waals surface area contributed by atoms with Crippen molar-refractivity contribution in [2.75, 3.05) is 31.5 Å². The number of hydrogen-bond donors (Lipinski definition) is 1. The summed E-state index contributed by atoms with van der Waals surface area (Å²) in [5.74, 6) is -0.794. The van der Waals surface area contributed by atoms with E-state index in [9.17, 15) is 18.0 Å². The number of nitrogens with one attached hydrogen (secondary N) is 1. The number of nitrogens with zero attached hydrogens (tertiary/aromatic N) is 3. The van der Waals surface area contributed by atoms with E-state index in [1.54, 1.807) is 54.6 Å². The van der Waals surface area contributed by atoms with Crippen molar-refractivity contribution in [3.8, 4) is 0 Å². The van der Waals surface area contributed by atoms with Crippen molar-refractivity contribution in [1.82, 2.24) is 14.5 Å². The molecule has 0 aliphatic rings. The summed E-state index contributed by atoms with van der Waals surface area (Å²) >= 11 is 6.10. The van der Waals surface area contributed by atoms with E-state index in [-0.39, 0.29) is 18.9 Å². The molecule has 10 heteroatoms. The Hall–Kier alpha value is -3.40. The van der Waals surface area contributed by atoms with Crippen LogP contribution in [0.25, 0.3) is 0 Å². The average Bonchev–Trinajstić information content (AvgIpc) is 2.95. The Labute approximate surface area is 242 Å². The first-order chi connectivity index (χ1) is 19.1. The molecule has 3 rings (SSSR count). The summed E-state index contributed by atoms with van der Waals surface area (Å²) in [7, 11) is -1.19. The van der Waals surface area contributed by atoms with Crippen LogP contribution in [-0.4, -0.2) is 62.7 Å². The molecule has 214 valence electrons. The first kappa shape index (κ1) is 31.1. The zero-order chi connectivity index (χ0) is 29.1. The third-order valence-electron chi connectivity index (χ3n) is 6.43. The van der Waals surface area contributed by atoms with E-state index in [0.717, 1.165) is 32.6 Å². The van der Waals surface area contributed by atoms with E-state index in [0.29, 0.717) is 17.3 Å². The predicted molar refractivity (Wildman–Crippen MR) is 160 cm³/mol. The second kappa shape index (κ2) is 14.8. The lowest BCUT2D eigenvalue weighted by atomic mass is 10.0. The highest BCUT2D eigenvalue weighted by Gasteiger charge is 2.34. The number of benzene rings is 3. The maximum Gasteiger partial charge on any atom is 0.304 e. The summed E-state index contributed by atoms with van der Waals surface area (Å²) in [6.07, 6.45) is 1.98. The molecule has 0 aromatic heterocycles. The highest BCUT2D eigenvalue weighted by Crippen LogP contribution is 2.22. The van der Waals surface area contributed by atoms with Gasteiger partial charge in [-0.05, 0) is 41.8 Å². The molecule has 0 radical (unpaired) electrons. The summed E-state index contributed by atoms with van der Waals surface area (Å²) in [4.78, 5) is 29.2. The van der Waals surface area contributed by atoms with Gasteiger partial charge in [0.25, 0.3) is 0 Å². The maximum absolute atomic E-state index is 14.1. The Morgan fingerprint density at radius 1 is 0.875 bits per heavy atom. The van der Waals surface area contributed by atoms with Crippen LogP contribution in [0.5, 0.6) is 0 Å². The molecular weight excluding hydrogens is 548 g/mol. The van der Waals surface area contributed by atoms with Gasteiger partial charge in [0.15, 0.2) is 0 Å². The Balaban J connectivity index is 2.05. The largest absolute Gasteiger partial charge is 0.354 e. The number of rotatable bonds is 14. The molecule has 0 fully saturated rings. The van der Waals surface area contributed by atoms with E-state index >= 15 is 0 Å². The van der Waals surface area contributed by atoms with Crippen molar-refractivity contribution in [2.45, 2.75) is 38.8 Å². The topological polar surface area (TPSA) is 90.0 Å². The standard InChI is InChI=1S/C30H37ClN4O4S/c1-4-5-20-32-30(37)28(21-24-12-8-6-9-13-24)34(22-25-16-18-26(31)19-17-25)29(36)23-35(40(38,39)33(2)3)27-14-10-7-11-15-27/h6-19,28H,4-5,20-23H2,1-3H3,(H,32,37)/t28-/m0/s1. The Morgan fingerprint density at radius 3 is 2.05 bits per heavy atom. The summed E-state index contributed by atoms with van der Waals surface area (Å²) in [6.45, 7) is 2.13. The van der Waals surface area contributed by atoms with Gasteiger partial charge in [0.1, 0.15) is 12.6 Å². The second-order valence-corrected chi connectivity index (χ2v) is 12.1. The van der Waals surface area contributed by atoms with E-state index in [1.165, 1.54) is 19.0 Å². The number of hydrogen-bond acceptors (Lipinski definition) is 4. The lowest BCUT2D eigenvalue weighted by Gasteiger charge is -2.34. The Bertz CT molecular complexity index is 1340. The van der Waals surface area contributed by atoms with Crippen LogP contribution in [0.1, 0.15) is 30.9 Å². The smallest absolute Gasteiger partial charge is 0.304 e. The van der Waals surface area contributed by atoms with Crippen molar-refractivity contribution < 1.29 is 18.0 Å². The second-order valence-electron chi connectivity index (χ2n) is 9.63. The number of carbonyl (C=O) groups excluding carboxylic acids is 2. The maximum atomic E-state index is 14.1. The molecule has 0 saturated carbocycles. The third kappa shape index (κ3) is 8.55. The van der Waals surface area contributed by atoms with Crippen molar-refractivity contribution in [3.63, 3.8) is 0 Å². The molecule has 1 atom stereocenters. The van der Waals surface area contributed by atoms with Gasteiger partial charge in [0, 0.05) is 38.6 Å². The van der Waals surface area contributed by atoms with Crippen LogP contribution in [0.3, 0.4) is 0 Å². The highest BCUT2D eigenvalue weighted by atomic mass is 35.5. The number of anilines is 1. The van der Waals surface area contributed by atoms with Gasteiger partial charge in [-0.2, -0.15) is 12.7 Å². The van der Waals surface area contributed by atoms with E-state index in [1.807, 2.05) is 37.3 Å². The van der Waals surface area contributed by atoms with Crippen molar-refractivity contribution in [3.05, 3.63) is 101 Å². The Morgan fingerprint density at radius 2 is 1.48 bits per heavy atom. The zero-order valence-electron chi connectivity index (χ0n) is 23.2. The molecular formula is C30H37ClN4O4S. The molecule has 3 aromatic carbocycles. The molecule has 0 aliphatic heterocycles. The van der Waals surface area contributed by atoms with Crippen molar-refractivity contribution in [2.24, 2.45) is 0 Å². The third-order valence-corrected chi connectivity index (χ3v) is 8.50. The molecule has 0 bridgehead atoms. The minimum absolute atomic E-state index is 0.0966. The SMILES string of the molecule is CCCCNC(=O)[C@H](Cc1ccccc1)N(Cc1ccc(Cl)cc1)C(=O)CN(c1ccccc1)S(=O)(=O)N(C)C. The number of halogens is 1. The van der Waals surface area contributed by atoms with E-state index < -0.39 is 28.7 Å². The van der Waals surface area contributed by atoms with Crippen LogP contribution in [0.2, 0.25) is 5.02 Å². The van der Waals surface area contributed by atoms with Gasteiger partial charge < -0.3 is 10.2 Å². The molecule has 0 aliphatic carbocycles.